The number of fused-ring (bicyclic) bond motifs is 2. The third-order valence-corrected chi connectivity index (χ3v) is 6.39. The van der Waals surface area contributed by atoms with Crippen molar-refractivity contribution in [3.63, 3.8) is 0 Å². The summed E-state index contributed by atoms with van der Waals surface area (Å²) in [6.07, 6.45) is 0. The molecule has 2 aliphatic heterocycles. The van der Waals surface area contributed by atoms with E-state index in [1.165, 1.54) is 18.3 Å². The molecule has 0 aliphatic carbocycles. The van der Waals surface area contributed by atoms with Crippen LogP contribution in [0.1, 0.15) is 32.5 Å². The van der Waals surface area contributed by atoms with E-state index in [0.29, 0.717) is 22.3 Å². The predicted octanol–water partition coefficient (Wildman–Crippen LogP) is 3.07. The van der Waals surface area contributed by atoms with Crippen LogP contribution < -0.4 is 15.4 Å². The highest BCUT2D eigenvalue weighted by Crippen LogP contribution is 2.36. The number of carbonyl (C=O) groups is 4. The van der Waals surface area contributed by atoms with Crippen molar-refractivity contribution >= 4 is 45.8 Å². The predicted molar refractivity (Wildman–Crippen MR) is 121 cm³/mol. The van der Waals surface area contributed by atoms with Gasteiger partial charge in [-0.3, -0.25) is 24.1 Å². The number of imide groups is 1. The molecule has 10 heteroatoms. The van der Waals surface area contributed by atoms with Gasteiger partial charge in [-0.2, -0.15) is 0 Å². The first-order chi connectivity index (χ1) is 15.8. The van der Waals surface area contributed by atoms with E-state index in [2.05, 4.69) is 15.6 Å². The summed E-state index contributed by atoms with van der Waals surface area (Å²) in [5.41, 5.74) is 2.53. The zero-order valence-corrected chi connectivity index (χ0v) is 18.5. The lowest BCUT2D eigenvalue weighted by Gasteiger charge is -2.21. The highest BCUT2D eigenvalue weighted by molar-refractivity contribution is 7.16. The third-order valence-electron chi connectivity index (χ3n) is 5.50. The Hall–Kier alpha value is -4.05. The lowest BCUT2D eigenvalue weighted by Crippen LogP contribution is -2.45. The van der Waals surface area contributed by atoms with Crippen molar-refractivity contribution in [1.82, 2.24) is 9.88 Å². The fraction of sp³-hybridized carbons (Fsp3) is 0.174. The standard InChI is InChI=1S/C23H18N4O5S/c1-11(27-21(30)14-5-3-4-6-15(14)22(27)31)20(29)26-23-25-19(12(2)33-23)13-7-8-17-16(9-13)24-18(28)10-32-17/h3-9,11H,10H2,1-2H3,(H,24,28)(H,25,26,29)/t11-/m1/s1. The number of ether oxygens (including phenoxy) is 1. The van der Waals surface area contributed by atoms with Crippen LogP contribution in [0, 0.1) is 6.92 Å². The Kier molecular flexibility index (Phi) is 4.94. The molecule has 1 aromatic heterocycles. The Morgan fingerprint density at radius 1 is 1.15 bits per heavy atom. The lowest BCUT2D eigenvalue weighted by atomic mass is 10.1. The van der Waals surface area contributed by atoms with Crippen LogP contribution in [0.4, 0.5) is 10.8 Å². The van der Waals surface area contributed by atoms with Gasteiger partial charge in [-0.25, -0.2) is 4.98 Å². The van der Waals surface area contributed by atoms with Gasteiger partial charge in [-0.05, 0) is 44.2 Å². The fourth-order valence-corrected chi connectivity index (χ4v) is 4.67. The average molecular weight is 462 g/mol. The van der Waals surface area contributed by atoms with Crippen LogP contribution in [0.3, 0.4) is 0 Å². The van der Waals surface area contributed by atoms with Crippen LogP contribution in [-0.4, -0.2) is 46.2 Å². The summed E-state index contributed by atoms with van der Waals surface area (Å²) in [7, 11) is 0. The number of carbonyl (C=O) groups excluding carboxylic acids is 4. The maximum atomic E-state index is 12.9. The first-order valence-electron chi connectivity index (χ1n) is 10.2. The van der Waals surface area contributed by atoms with Crippen molar-refractivity contribution in [2.24, 2.45) is 0 Å². The molecule has 0 saturated carbocycles. The first-order valence-corrected chi connectivity index (χ1v) is 11.0. The minimum absolute atomic E-state index is 0.0243. The van der Waals surface area contributed by atoms with Gasteiger partial charge in [0.15, 0.2) is 11.7 Å². The van der Waals surface area contributed by atoms with E-state index in [0.717, 1.165) is 15.3 Å². The van der Waals surface area contributed by atoms with E-state index < -0.39 is 23.8 Å². The fourth-order valence-electron chi connectivity index (χ4n) is 3.83. The van der Waals surface area contributed by atoms with E-state index in [-0.39, 0.29) is 23.6 Å². The summed E-state index contributed by atoms with van der Waals surface area (Å²) in [5, 5.41) is 5.82. The van der Waals surface area contributed by atoms with Gasteiger partial charge in [-0.15, -0.1) is 11.3 Å². The number of benzene rings is 2. The Balaban J connectivity index is 1.35. The number of anilines is 2. The minimum atomic E-state index is -1.01. The van der Waals surface area contributed by atoms with Gasteiger partial charge in [0.1, 0.15) is 11.8 Å². The molecule has 33 heavy (non-hydrogen) atoms. The van der Waals surface area contributed by atoms with Crippen molar-refractivity contribution in [1.29, 1.82) is 0 Å². The molecule has 0 saturated heterocycles. The van der Waals surface area contributed by atoms with Crippen molar-refractivity contribution < 1.29 is 23.9 Å². The number of hydrogen-bond acceptors (Lipinski definition) is 7. The molecule has 2 aliphatic rings. The second kappa shape index (κ2) is 7.82. The van der Waals surface area contributed by atoms with E-state index in [1.807, 2.05) is 13.0 Å². The number of aryl methyl sites for hydroxylation is 1. The quantitative estimate of drug-likeness (QED) is 0.576. The number of amides is 4. The molecular formula is C23H18N4O5S. The van der Waals surface area contributed by atoms with Crippen LogP contribution in [0.2, 0.25) is 0 Å². The van der Waals surface area contributed by atoms with E-state index in [1.54, 1.807) is 36.4 Å². The molecule has 3 aromatic rings. The molecule has 9 nitrogen and oxygen atoms in total. The molecule has 0 fully saturated rings. The molecule has 0 bridgehead atoms. The number of nitrogens with zero attached hydrogens (tertiary/aromatic N) is 2. The smallest absolute Gasteiger partial charge is 0.262 e. The molecule has 0 spiro atoms. The summed E-state index contributed by atoms with van der Waals surface area (Å²) < 4.78 is 5.38. The van der Waals surface area contributed by atoms with Crippen LogP contribution in [0.5, 0.6) is 5.75 Å². The first kappa shape index (κ1) is 20.8. The van der Waals surface area contributed by atoms with E-state index >= 15 is 0 Å². The Morgan fingerprint density at radius 3 is 2.55 bits per heavy atom. The summed E-state index contributed by atoms with van der Waals surface area (Å²) in [6, 6.07) is 10.8. The average Bonchev–Trinajstić information content (AvgIpc) is 3.29. The number of thiazole rings is 1. The van der Waals surface area contributed by atoms with Crippen molar-refractivity contribution in [3.05, 3.63) is 58.5 Å². The molecule has 1 atom stereocenters. The number of hydrogen-bond donors (Lipinski definition) is 2. The number of rotatable bonds is 4. The van der Waals surface area contributed by atoms with Gasteiger partial charge in [0, 0.05) is 10.4 Å². The summed E-state index contributed by atoms with van der Waals surface area (Å²) in [6.45, 7) is 3.35. The molecule has 166 valence electrons. The second-order valence-electron chi connectivity index (χ2n) is 7.66. The maximum Gasteiger partial charge on any atom is 0.262 e. The summed E-state index contributed by atoms with van der Waals surface area (Å²) >= 11 is 1.27. The topological polar surface area (TPSA) is 118 Å². The normalized spacial score (nSPS) is 15.5. The SMILES string of the molecule is Cc1sc(NC(=O)[C@@H](C)N2C(=O)c3ccccc3C2=O)nc1-c1ccc2c(c1)NC(=O)CO2. The molecule has 2 N–H and O–H groups in total. The monoisotopic (exact) mass is 462 g/mol. The van der Waals surface area contributed by atoms with Gasteiger partial charge < -0.3 is 15.4 Å². The van der Waals surface area contributed by atoms with Crippen LogP contribution in [0.25, 0.3) is 11.3 Å². The Morgan fingerprint density at radius 2 is 1.85 bits per heavy atom. The van der Waals surface area contributed by atoms with Gasteiger partial charge >= 0.3 is 0 Å². The van der Waals surface area contributed by atoms with Crippen LogP contribution >= 0.6 is 11.3 Å². The summed E-state index contributed by atoms with van der Waals surface area (Å²) in [4.78, 5) is 56.1. The van der Waals surface area contributed by atoms with Crippen LogP contribution in [-0.2, 0) is 9.59 Å². The highest BCUT2D eigenvalue weighted by Gasteiger charge is 2.40. The Labute approximate surface area is 192 Å². The maximum absolute atomic E-state index is 12.9. The van der Waals surface area contributed by atoms with E-state index in [4.69, 9.17) is 4.74 Å². The highest BCUT2D eigenvalue weighted by atomic mass is 32.1. The van der Waals surface area contributed by atoms with Gasteiger partial charge in [0.2, 0.25) is 5.91 Å². The summed E-state index contributed by atoms with van der Waals surface area (Å²) in [5.74, 6) is -1.16. The molecule has 5 rings (SSSR count). The molecule has 4 amide bonds. The Bertz CT molecular complexity index is 1310. The molecule has 3 heterocycles. The van der Waals surface area contributed by atoms with Gasteiger partial charge in [0.25, 0.3) is 17.7 Å². The van der Waals surface area contributed by atoms with Crippen LogP contribution in [0.15, 0.2) is 42.5 Å². The van der Waals surface area contributed by atoms with Crippen molar-refractivity contribution in [2.45, 2.75) is 19.9 Å². The number of aromatic nitrogens is 1. The molecule has 0 radical (unpaired) electrons. The largest absolute Gasteiger partial charge is 0.482 e. The zero-order chi connectivity index (χ0) is 23.3. The van der Waals surface area contributed by atoms with Crippen molar-refractivity contribution in [3.8, 4) is 17.0 Å². The minimum Gasteiger partial charge on any atom is -0.482 e. The molecule has 0 unspecified atom stereocenters. The number of nitrogens with one attached hydrogen (secondary N) is 2. The van der Waals surface area contributed by atoms with E-state index in [9.17, 15) is 19.2 Å². The molecular weight excluding hydrogens is 444 g/mol. The lowest BCUT2D eigenvalue weighted by molar-refractivity contribution is -0.119. The van der Waals surface area contributed by atoms with Gasteiger partial charge in [-0.1, -0.05) is 12.1 Å². The molecule has 2 aromatic carbocycles. The zero-order valence-electron chi connectivity index (χ0n) is 17.7. The van der Waals surface area contributed by atoms with Gasteiger partial charge in [0.05, 0.1) is 22.5 Å². The third kappa shape index (κ3) is 3.54. The second-order valence-corrected chi connectivity index (χ2v) is 8.87. The van der Waals surface area contributed by atoms with Crippen molar-refractivity contribution in [2.75, 3.05) is 17.2 Å².